The third-order valence-corrected chi connectivity index (χ3v) is 6.87. The first-order valence-electron chi connectivity index (χ1n) is 10.3. The molecule has 0 bridgehead atoms. The Morgan fingerprint density at radius 2 is 2.00 bits per heavy atom. The van der Waals surface area contributed by atoms with E-state index < -0.39 is 12.0 Å². The summed E-state index contributed by atoms with van der Waals surface area (Å²) in [5.74, 6) is 0.518. The van der Waals surface area contributed by atoms with Crippen LogP contribution in [-0.2, 0) is 9.53 Å². The van der Waals surface area contributed by atoms with Gasteiger partial charge in [-0.15, -0.1) is 0 Å². The van der Waals surface area contributed by atoms with Gasteiger partial charge >= 0.3 is 5.97 Å². The van der Waals surface area contributed by atoms with E-state index in [0.29, 0.717) is 32.3 Å². The zero-order valence-electron chi connectivity index (χ0n) is 18.2. The first kappa shape index (κ1) is 22.7. The molecule has 1 aliphatic rings. The largest absolute Gasteiger partial charge is 0.463 e. The van der Waals surface area contributed by atoms with Crippen molar-refractivity contribution in [1.29, 1.82) is 0 Å². The topological polar surface area (TPSA) is 73.8 Å². The van der Waals surface area contributed by atoms with E-state index in [2.05, 4.69) is 41.4 Å². The number of ether oxygens (including phenoxy) is 1. The van der Waals surface area contributed by atoms with Gasteiger partial charge in [-0.05, 0) is 65.6 Å². The van der Waals surface area contributed by atoms with Crippen molar-refractivity contribution < 1.29 is 13.9 Å². The summed E-state index contributed by atoms with van der Waals surface area (Å²) in [5.41, 5.74) is 2.75. The molecule has 0 saturated heterocycles. The Bertz CT molecular complexity index is 1380. The Hall–Kier alpha value is -2.46. The average molecular weight is 562 g/mol. The van der Waals surface area contributed by atoms with Gasteiger partial charge in [-0.1, -0.05) is 49.4 Å². The fraction of sp³-hybridized carbons (Fsp3) is 0.292. The lowest BCUT2D eigenvalue weighted by Crippen LogP contribution is -2.39. The van der Waals surface area contributed by atoms with Crippen molar-refractivity contribution in [3.63, 3.8) is 0 Å². The molecule has 0 N–H and O–H groups in total. The number of nitrogens with zero attached hydrogens (tertiary/aromatic N) is 2. The highest BCUT2D eigenvalue weighted by atomic mass is 127. The molecule has 1 atom stereocenters. The zero-order valence-corrected chi connectivity index (χ0v) is 21.2. The van der Waals surface area contributed by atoms with E-state index in [4.69, 9.17) is 9.15 Å². The zero-order chi connectivity index (χ0) is 23.0. The van der Waals surface area contributed by atoms with Crippen LogP contribution in [-0.4, -0.2) is 17.1 Å². The monoisotopic (exact) mass is 562 g/mol. The molecule has 32 heavy (non-hydrogen) atoms. The molecule has 0 saturated carbocycles. The number of carbonyl (C=O) groups is 1. The van der Waals surface area contributed by atoms with Crippen molar-refractivity contribution in [2.75, 3.05) is 6.61 Å². The van der Waals surface area contributed by atoms with E-state index in [-0.39, 0.29) is 12.2 Å². The number of rotatable bonds is 5. The molecule has 0 aliphatic carbocycles. The molecule has 3 heterocycles. The third-order valence-electron chi connectivity index (χ3n) is 5.30. The van der Waals surface area contributed by atoms with Crippen LogP contribution in [0.25, 0.3) is 6.08 Å². The Balaban J connectivity index is 1.93. The minimum absolute atomic E-state index is 0.215. The second-order valence-corrected chi connectivity index (χ2v) is 9.84. The fourth-order valence-corrected chi connectivity index (χ4v) is 5.17. The van der Waals surface area contributed by atoms with Crippen LogP contribution in [0.1, 0.15) is 56.5 Å². The molecule has 0 spiro atoms. The maximum atomic E-state index is 13.5. The number of furan rings is 1. The number of hydrogen-bond acceptors (Lipinski definition) is 6. The lowest BCUT2D eigenvalue weighted by molar-refractivity contribution is -0.139. The van der Waals surface area contributed by atoms with Crippen molar-refractivity contribution in [2.24, 2.45) is 4.99 Å². The van der Waals surface area contributed by atoms with Crippen LogP contribution < -0.4 is 14.9 Å². The van der Waals surface area contributed by atoms with E-state index in [9.17, 15) is 9.59 Å². The summed E-state index contributed by atoms with van der Waals surface area (Å²) < 4.78 is 13.8. The quantitative estimate of drug-likeness (QED) is 0.347. The molecular weight excluding hydrogens is 539 g/mol. The second-order valence-electron chi connectivity index (χ2n) is 7.77. The molecule has 0 unspecified atom stereocenters. The summed E-state index contributed by atoms with van der Waals surface area (Å²) in [6, 6.07) is 11.1. The molecule has 166 valence electrons. The number of fused-ring (bicyclic) bond motifs is 1. The maximum absolute atomic E-state index is 13.5. The minimum atomic E-state index is -0.606. The Labute approximate surface area is 203 Å². The van der Waals surface area contributed by atoms with E-state index in [0.717, 1.165) is 9.33 Å². The first-order chi connectivity index (χ1) is 15.3. The molecule has 1 aliphatic heterocycles. The average Bonchev–Trinajstić information content (AvgIpc) is 3.30. The number of halogens is 1. The number of esters is 1. The Morgan fingerprint density at radius 1 is 1.28 bits per heavy atom. The number of benzene rings is 1. The number of carbonyl (C=O) groups excluding carboxylic acids is 1. The molecular formula is C24H23IN2O4S. The van der Waals surface area contributed by atoms with Crippen molar-refractivity contribution in [3.8, 4) is 0 Å². The summed E-state index contributed by atoms with van der Waals surface area (Å²) in [4.78, 5) is 31.5. The van der Waals surface area contributed by atoms with Gasteiger partial charge in [0.2, 0.25) is 0 Å². The number of aromatic nitrogens is 1. The van der Waals surface area contributed by atoms with Gasteiger partial charge in [0.1, 0.15) is 5.76 Å². The molecule has 1 aromatic carbocycles. The highest BCUT2D eigenvalue weighted by Crippen LogP contribution is 2.31. The minimum Gasteiger partial charge on any atom is -0.463 e. The van der Waals surface area contributed by atoms with Gasteiger partial charge in [0.25, 0.3) is 5.56 Å². The van der Waals surface area contributed by atoms with Gasteiger partial charge in [0, 0.05) is 6.08 Å². The number of hydrogen-bond donors (Lipinski definition) is 0. The van der Waals surface area contributed by atoms with Gasteiger partial charge in [0.05, 0.1) is 28.5 Å². The van der Waals surface area contributed by atoms with E-state index >= 15 is 0 Å². The van der Waals surface area contributed by atoms with Crippen LogP contribution in [0.2, 0.25) is 0 Å². The molecule has 0 radical (unpaired) electrons. The van der Waals surface area contributed by atoms with Crippen molar-refractivity contribution in [2.45, 2.75) is 39.7 Å². The fourth-order valence-electron chi connectivity index (χ4n) is 3.71. The van der Waals surface area contributed by atoms with E-state index in [1.54, 1.807) is 24.5 Å². The summed E-state index contributed by atoms with van der Waals surface area (Å²) in [6.45, 7) is 8.05. The predicted molar refractivity (Wildman–Crippen MR) is 132 cm³/mol. The molecule has 2 aromatic heterocycles. The highest BCUT2D eigenvalue weighted by molar-refractivity contribution is 14.1. The third kappa shape index (κ3) is 4.25. The molecule has 0 amide bonds. The molecule has 6 nitrogen and oxygen atoms in total. The molecule has 8 heteroatoms. The van der Waals surface area contributed by atoms with Gasteiger partial charge in [-0.25, -0.2) is 9.79 Å². The Morgan fingerprint density at radius 3 is 2.59 bits per heavy atom. The van der Waals surface area contributed by atoms with E-state index in [1.165, 1.54) is 16.9 Å². The highest BCUT2D eigenvalue weighted by Gasteiger charge is 2.33. The molecule has 0 fully saturated rings. The normalized spacial score (nSPS) is 16.3. The molecule has 4 rings (SSSR count). The SMILES string of the molecule is CCOC(=O)C1=C(C)N=c2s/c(=C\c3ccc(I)o3)c(=O)n2[C@@H]1c1ccc(C(C)C)cc1. The van der Waals surface area contributed by atoms with Crippen LogP contribution in [0.4, 0.5) is 0 Å². The van der Waals surface area contributed by atoms with Crippen LogP contribution in [0, 0.1) is 3.77 Å². The van der Waals surface area contributed by atoms with Crippen LogP contribution in [0.15, 0.2) is 61.9 Å². The van der Waals surface area contributed by atoms with Crippen LogP contribution in [0.3, 0.4) is 0 Å². The standard InChI is InChI=1S/C24H23IN2O4S/c1-5-30-23(29)20-14(4)26-24-27(21(20)16-8-6-15(7-9-16)13(2)3)22(28)18(32-24)12-17-10-11-19(25)31-17/h6-13,21H,5H2,1-4H3/b18-12-/t21-/m1/s1. The van der Waals surface area contributed by atoms with Gasteiger partial charge in [-0.3, -0.25) is 9.36 Å². The van der Waals surface area contributed by atoms with Crippen molar-refractivity contribution in [1.82, 2.24) is 4.57 Å². The second kappa shape index (κ2) is 9.19. The number of allylic oxidation sites excluding steroid dienone is 1. The lowest BCUT2D eigenvalue weighted by atomic mass is 9.93. The molecule has 3 aromatic rings. The summed E-state index contributed by atoms with van der Waals surface area (Å²) in [6.07, 6.45) is 1.72. The first-order valence-corrected chi connectivity index (χ1v) is 12.2. The van der Waals surface area contributed by atoms with Crippen LogP contribution >= 0.6 is 33.9 Å². The van der Waals surface area contributed by atoms with Crippen LogP contribution in [0.5, 0.6) is 0 Å². The van der Waals surface area contributed by atoms with E-state index in [1.807, 2.05) is 36.4 Å². The predicted octanol–water partition coefficient (Wildman–Crippen LogP) is 4.12. The number of thiazole rings is 1. The van der Waals surface area contributed by atoms with Gasteiger partial charge < -0.3 is 9.15 Å². The summed E-state index contributed by atoms with van der Waals surface area (Å²) in [5, 5.41) is 0. The van der Waals surface area contributed by atoms with Crippen molar-refractivity contribution in [3.05, 3.63) is 88.0 Å². The van der Waals surface area contributed by atoms with Gasteiger partial charge in [0.15, 0.2) is 8.57 Å². The summed E-state index contributed by atoms with van der Waals surface area (Å²) >= 11 is 3.37. The smallest absolute Gasteiger partial charge is 0.338 e. The Kier molecular flexibility index (Phi) is 6.52. The van der Waals surface area contributed by atoms with Crippen molar-refractivity contribution >= 4 is 46.0 Å². The summed E-state index contributed by atoms with van der Waals surface area (Å²) in [7, 11) is 0. The van der Waals surface area contributed by atoms with Gasteiger partial charge in [-0.2, -0.15) is 0 Å². The lowest BCUT2D eigenvalue weighted by Gasteiger charge is -2.25. The maximum Gasteiger partial charge on any atom is 0.338 e.